The van der Waals surface area contributed by atoms with Crippen LogP contribution in [0.5, 0.6) is 5.75 Å². The van der Waals surface area contributed by atoms with Crippen LogP contribution in [0.25, 0.3) is 10.2 Å². The first-order valence-corrected chi connectivity index (χ1v) is 10.8. The molecule has 0 unspecified atom stereocenters. The van der Waals surface area contributed by atoms with Gasteiger partial charge in [-0.15, -0.1) is 0 Å². The number of nitrogens with zero attached hydrogens (tertiary/aromatic N) is 2. The van der Waals surface area contributed by atoms with Crippen molar-refractivity contribution in [1.82, 2.24) is 4.98 Å². The van der Waals surface area contributed by atoms with E-state index in [1.165, 1.54) is 10.3 Å². The molecule has 3 aromatic rings. The summed E-state index contributed by atoms with van der Waals surface area (Å²) in [5, 5.41) is 1.08. The first-order valence-electron chi connectivity index (χ1n) is 10.0. The van der Waals surface area contributed by atoms with Crippen LogP contribution in [0.15, 0.2) is 36.4 Å². The molecule has 1 spiro atoms. The number of thiazole rings is 1. The molecule has 1 aromatic heterocycles. The van der Waals surface area contributed by atoms with Gasteiger partial charge in [-0.25, -0.2) is 4.98 Å². The number of carbonyl (C=O) groups is 1. The van der Waals surface area contributed by atoms with E-state index in [9.17, 15) is 4.79 Å². The molecule has 0 N–H and O–H groups in total. The molecule has 0 aliphatic carbocycles. The molecule has 28 heavy (non-hydrogen) atoms. The molecule has 1 fully saturated rings. The third kappa shape index (κ3) is 2.98. The highest BCUT2D eigenvalue weighted by Gasteiger charge is 2.43. The summed E-state index contributed by atoms with van der Waals surface area (Å²) >= 11 is 1.77. The summed E-state index contributed by atoms with van der Waals surface area (Å²) in [5.74, 6) is 0.966. The minimum absolute atomic E-state index is 0.213. The molecule has 2 aromatic carbocycles. The summed E-state index contributed by atoms with van der Waals surface area (Å²) in [5.41, 5.74) is 3.91. The maximum absolute atomic E-state index is 12.7. The fourth-order valence-electron chi connectivity index (χ4n) is 4.30. The number of benzene rings is 2. The number of fused-ring (bicyclic) bond motifs is 2. The molecule has 4 nitrogen and oxygen atoms in total. The molecule has 0 saturated carbocycles. The number of rotatable bonds is 2. The van der Waals surface area contributed by atoms with Gasteiger partial charge in [-0.05, 0) is 43.2 Å². The highest BCUT2D eigenvalue weighted by atomic mass is 32.1. The van der Waals surface area contributed by atoms with Gasteiger partial charge in [0.05, 0.1) is 22.2 Å². The maximum atomic E-state index is 12.7. The Morgan fingerprint density at radius 3 is 2.79 bits per heavy atom. The number of carbonyl (C=O) groups excluding carboxylic acids is 1. The van der Waals surface area contributed by atoms with Crippen molar-refractivity contribution < 1.29 is 9.53 Å². The monoisotopic (exact) mass is 392 g/mol. The number of aryl methyl sites for hydroxylation is 2. The number of aromatic nitrogens is 1. The topological polar surface area (TPSA) is 42.4 Å². The second-order valence-electron chi connectivity index (χ2n) is 8.02. The fraction of sp³-hybridized carbons (Fsp3) is 0.391. The number of Topliss-reactive ketones (excluding diaryl/α,β-unsaturated/α-hetero) is 1. The van der Waals surface area contributed by atoms with Crippen molar-refractivity contribution >= 4 is 32.5 Å². The van der Waals surface area contributed by atoms with Gasteiger partial charge in [0.2, 0.25) is 0 Å². The summed E-state index contributed by atoms with van der Waals surface area (Å²) in [6.07, 6.45) is 3.23. The number of hydrogen-bond donors (Lipinski definition) is 0. The number of piperidine rings is 1. The van der Waals surface area contributed by atoms with Gasteiger partial charge in [0.25, 0.3) is 0 Å². The SMILES string of the molecule is CCc1ccc2nc(N3CCC4(CC3)CC(=O)c3cc(C)ccc3O4)sc2c1. The van der Waals surface area contributed by atoms with E-state index in [0.717, 1.165) is 59.9 Å². The quantitative estimate of drug-likeness (QED) is 0.603. The van der Waals surface area contributed by atoms with Gasteiger partial charge >= 0.3 is 0 Å². The molecule has 2 aliphatic rings. The Balaban J connectivity index is 1.35. The Labute approximate surface area is 169 Å². The van der Waals surface area contributed by atoms with Crippen LogP contribution in [0.2, 0.25) is 0 Å². The van der Waals surface area contributed by atoms with Crippen LogP contribution in [0.3, 0.4) is 0 Å². The Morgan fingerprint density at radius 2 is 2.00 bits per heavy atom. The van der Waals surface area contributed by atoms with Crippen LogP contribution in [-0.2, 0) is 6.42 Å². The van der Waals surface area contributed by atoms with Crippen molar-refractivity contribution in [3.63, 3.8) is 0 Å². The normalized spacial score (nSPS) is 18.4. The number of ether oxygens (including phenoxy) is 1. The van der Waals surface area contributed by atoms with Gasteiger partial charge in [0, 0.05) is 25.9 Å². The Hall–Kier alpha value is -2.40. The summed E-state index contributed by atoms with van der Waals surface area (Å²) < 4.78 is 7.65. The second-order valence-corrected chi connectivity index (χ2v) is 9.03. The number of hydrogen-bond acceptors (Lipinski definition) is 5. The lowest BCUT2D eigenvalue weighted by Crippen LogP contribution is -2.51. The summed E-state index contributed by atoms with van der Waals surface area (Å²) in [6, 6.07) is 12.5. The van der Waals surface area contributed by atoms with Gasteiger partial charge in [-0.3, -0.25) is 4.79 Å². The van der Waals surface area contributed by atoms with Gasteiger partial charge in [-0.1, -0.05) is 36.0 Å². The molecule has 3 heterocycles. The van der Waals surface area contributed by atoms with E-state index in [1.807, 2.05) is 25.1 Å². The van der Waals surface area contributed by atoms with E-state index in [4.69, 9.17) is 9.72 Å². The molecule has 0 bridgehead atoms. The number of ketones is 1. The molecule has 0 amide bonds. The molecule has 144 valence electrons. The van der Waals surface area contributed by atoms with Gasteiger partial charge in [0.15, 0.2) is 10.9 Å². The zero-order valence-corrected chi connectivity index (χ0v) is 17.1. The van der Waals surface area contributed by atoms with Crippen molar-refractivity contribution in [2.45, 2.75) is 45.1 Å². The molecule has 1 saturated heterocycles. The third-order valence-electron chi connectivity index (χ3n) is 6.04. The van der Waals surface area contributed by atoms with E-state index >= 15 is 0 Å². The lowest BCUT2D eigenvalue weighted by atomic mass is 9.82. The minimum Gasteiger partial charge on any atom is -0.486 e. The highest BCUT2D eigenvalue weighted by Crippen LogP contribution is 2.41. The summed E-state index contributed by atoms with van der Waals surface area (Å²) in [6.45, 7) is 5.93. The van der Waals surface area contributed by atoms with Crippen LogP contribution in [0, 0.1) is 6.92 Å². The molecular formula is C23H24N2O2S. The Bertz CT molecular complexity index is 1060. The lowest BCUT2D eigenvalue weighted by Gasteiger charge is -2.44. The molecule has 0 atom stereocenters. The standard InChI is InChI=1S/C23H24N2O2S/c1-3-16-5-6-18-21(13-16)28-22(24-18)25-10-8-23(9-11-25)14-19(26)17-12-15(2)4-7-20(17)27-23/h4-7,12-13H,3,8-11,14H2,1-2H3. The largest absolute Gasteiger partial charge is 0.486 e. The van der Waals surface area contributed by atoms with Gasteiger partial charge in [0.1, 0.15) is 11.4 Å². The summed E-state index contributed by atoms with van der Waals surface area (Å²) in [7, 11) is 0. The number of anilines is 1. The van der Waals surface area contributed by atoms with Gasteiger partial charge < -0.3 is 9.64 Å². The van der Waals surface area contributed by atoms with E-state index in [2.05, 4.69) is 30.0 Å². The van der Waals surface area contributed by atoms with E-state index in [1.54, 1.807) is 11.3 Å². The van der Waals surface area contributed by atoms with Crippen LogP contribution in [0.1, 0.15) is 47.7 Å². The van der Waals surface area contributed by atoms with Crippen molar-refractivity contribution in [3.05, 3.63) is 53.1 Å². The predicted molar refractivity (Wildman–Crippen MR) is 114 cm³/mol. The zero-order chi connectivity index (χ0) is 19.3. The van der Waals surface area contributed by atoms with Gasteiger partial charge in [-0.2, -0.15) is 0 Å². The Morgan fingerprint density at radius 1 is 1.18 bits per heavy atom. The molecule has 2 aliphatic heterocycles. The molecule has 0 radical (unpaired) electrons. The first-order chi connectivity index (χ1) is 13.5. The van der Waals surface area contributed by atoms with E-state index in [-0.39, 0.29) is 11.4 Å². The fourth-order valence-corrected chi connectivity index (χ4v) is 5.39. The predicted octanol–water partition coefficient (Wildman–Crippen LogP) is 5.17. The van der Waals surface area contributed by atoms with Crippen molar-refractivity contribution in [2.75, 3.05) is 18.0 Å². The average Bonchev–Trinajstić information content (AvgIpc) is 3.12. The Kier molecular flexibility index (Phi) is 4.16. The van der Waals surface area contributed by atoms with E-state index < -0.39 is 0 Å². The zero-order valence-electron chi connectivity index (χ0n) is 16.3. The van der Waals surface area contributed by atoms with E-state index in [0.29, 0.717) is 6.42 Å². The first kappa shape index (κ1) is 17.7. The molecule has 5 heteroatoms. The highest BCUT2D eigenvalue weighted by molar-refractivity contribution is 7.22. The second kappa shape index (κ2) is 6.59. The maximum Gasteiger partial charge on any atom is 0.186 e. The van der Waals surface area contributed by atoms with Crippen molar-refractivity contribution in [3.8, 4) is 5.75 Å². The summed E-state index contributed by atoms with van der Waals surface area (Å²) in [4.78, 5) is 19.9. The lowest BCUT2D eigenvalue weighted by molar-refractivity contribution is 0.0232. The van der Waals surface area contributed by atoms with Crippen molar-refractivity contribution in [2.24, 2.45) is 0 Å². The third-order valence-corrected chi connectivity index (χ3v) is 7.12. The average molecular weight is 393 g/mol. The van der Waals surface area contributed by atoms with Crippen LogP contribution >= 0.6 is 11.3 Å². The minimum atomic E-state index is -0.359. The van der Waals surface area contributed by atoms with Crippen molar-refractivity contribution in [1.29, 1.82) is 0 Å². The smallest absolute Gasteiger partial charge is 0.186 e. The molecule has 5 rings (SSSR count). The molecular weight excluding hydrogens is 368 g/mol. The van der Waals surface area contributed by atoms with Crippen LogP contribution in [0.4, 0.5) is 5.13 Å². The van der Waals surface area contributed by atoms with Crippen LogP contribution in [-0.4, -0.2) is 29.5 Å². The van der Waals surface area contributed by atoms with Crippen LogP contribution < -0.4 is 9.64 Å².